The largest absolute Gasteiger partial charge is 0.468 e. The topological polar surface area (TPSA) is 56.2 Å². The van der Waals surface area contributed by atoms with Gasteiger partial charge in [0.05, 0.1) is 12.8 Å². The van der Waals surface area contributed by atoms with E-state index in [1.807, 2.05) is 25.5 Å². The van der Waals surface area contributed by atoms with Crippen LogP contribution in [0, 0.1) is 13.8 Å². The van der Waals surface area contributed by atoms with Crippen LogP contribution < -0.4 is 5.32 Å². The highest BCUT2D eigenvalue weighted by Gasteiger charge is 2.32. The Morgan fingerprint density at radius 3 is 2.65 bits per heavy atom. The van der Waals surface area contributed by atoms with E-state index in [4.69, 9.17) is 4.74 Å². The number of nitrogens with one attached hydrogen (secondary N) is 1. The zero-order valence-electron chi connectivity index (χ0n) is 13.3. The number of rotatable bonds is 8. The second kappa shape index (κ2) is 7.43. The molecule has 1 unspecified atom stereocenters. The molecule has 1 rings (SSSR count). The van der Waals surface area contributed by atoms with Crippen LogP contribution in [0.25, 0.3) is 0 Å². The molecular weight excluding hydrogens is 254 g/mol. The normalized spacial score (nSPS) is 14.1. The molecule has 0 amide bonds. The van der Waals surface area contributed by atoms with Crippen molar-refractivity contribution in [3.63, 3.8) is 0 Å². The summed E-state index contributed by atoms with van der Waals surface area (Å²) in [4.78, 5) is 11.8. The van der Waals surface area contributed by atoms with Gasteiger partial charge >= 0.3 is 5.97 Å². The summed E-state index contributed by atoms with van der Waals surface area (Å²) in [6, 6.07) is 2.08. The van der Waals surface area contributed by atoms with E-state index >= 15 is 0 Å². The average Bonchev–Trinajstić information content (AvgIpc) is 2.72. The molecule has 114 valence electrons. The maximum Gasteiger partial charge on any atom is 0.325 e. The first-order valence-corrected chi connectivity index (χ1v) is 7.27. The van der Waals surface area contributed by atoms with Gasteiger partial charge in [-0.3, -0.25) is 9.48 Å². The highest BCUT2D eigenvalue weighted by Crippen LogP contribution is 2.16. The average molecular weight is 281 g/mol. The predicted octanol–water partition coefficient (Wildman–Crippen LogP) is 2.21. The Morgan fingerprint density at radius 1 is 1.45 bits per heavy atom. The van der Waals surface area contributed by atoms with E-state index in [9.17, 15) is 4.79 Å². The van der Waals surface area contributed by atoms with Crippen LogP contribution in [0.1, 0.15) is 44.5 Å². The molecule has 0 aliphatic carbocycles. The third-order valence-corrected chi connectivity index (χ3v) is 3.60. The molecule has 0 aliphatic rings. The van der Waals surface area contributed by atoms with Crippen molar-refractivity contribution in [2.45, 2.75) is 59.0 Å². The number of unbranched alkanes of at least 4 members (excludes halogenated alkanes) is 1. The number of carbonyl (C=O) groups is 1. The maximum absolute atomic E-state index is 11.8. The lowest BCUT2D eigenvalue weighted by atomic mass is 9.94. The fourth-order valence-corrected chi connectivity index (χ4v) is 2.52. The number of methoxy groups -OCH3 is 1. The molecular formula is C15H27N3O2. The summed E-state index contributed by atoms with van der Waals surface area (Å²) in [6.07, 6.45) is 2.73. The number of ether oxygens (including phenoxy) is 1. The first-order valence-electron chi connectivity index (χ1n) is 7.27. The predicted molar refractivity (Wildman–Crippen MR) is 79.6 cm³/mol. The molecule has 0 saturated heterocycles. The van der Waals surface area contributed by atoms with Crippen molar-refractivity contribution in [1.29, 1.82) is 0 Å². The van der Waals surface area contributed by atoms with Crippen molar-refractivity contribution < 1.29 is 9.53 Å². The minimum absolute atomic E-state index is 0.189. The van der Waals surface area contributed by atoms with E-state index in [2.05, 4.69) is 23.4 Å². The van der Waals surface area contributed by atoms with E-state index < -0.39 is 5.54 Å². The van der Waals surface area contributed by atoms with Gasteiger partial charge in [0.25, 0.3) is 0 Å². The molecule has 0 aromatic carbocycles. The molecule has 0 bridgehead atoms. The standard InChI is InChI=1S/C15H27N3O2/c1-6-16-15(4,14(19)20-5)9-7-8-10-18-13(3)11-12(2)17-18/h11,16H,6-10H2,1-5H3. The molecule has 0 aliphatic heterocycles. The molecule has 5 nitrogen and oxygen atoms in total. The van der Waals surface area contributed by atoms with Gasteiger partial charge in [0.15, 0.2) is 0 Å². The van der Waals surface area contributed by atoms with Crippen LogP contribution in [0.15, 0.2) is 6.07 Å². The smallest absolute Gasteiger partial charge is 0.325 e. The Kier molecular flexibility index (Phi) is 6.20. The van der Waals surface area contributed by atoms with E-state index in [0.717, 1.165) is 38.0 Å². The Bertz CT molecular complexity index is 442. The number of nitrogens with zero attached hydrogens (tertiary/aromatic N) is 2. The first kappa shape index (κ1) is 16.7. The summed E-state index contributed by atoms with van der Waals surface area (Å²) in [6.45, 7) is 9.62. The van der Waals surface area contributed by atoms with Gasteiger partial charge in [-0.15, -0.1) is 0 Å². The molecule has 0 spiro atoms. The van der Waals surface area contributed by atoms with E-state index in [1.165, 1.54) is 12.8 Å². The van der Waals surface area contributed by atoms with Crippen molar-refractivity contribution in [3.8, 4) is 0 Å². The Hall–Kier alpha value is -1.36. The molecule has 0 saturated carbocycles. The van der Waals surface area contributed by atoms with Crippen molar-refractivity contribution in [3.05, 3.63) is 17.5 Å². The van der Waals surface area contributed by atoms with Crippen molar-refractivity contribution in [2.75, 3.05) is 13.7 Å². The summed E-state index contributed by atoms with van der Waals surface area (Å²) in [7, 11) is 1.44. The Balaban J connectivity index is 2.45. The first-order chi connectivity index (χ1) is 9.42. The third kappa shape index (κ3) is 4.34. The molecule has 5 heteroatoms. The van der Waals surface area contributed by atoms with Gasteiger partial charge in [0.2, 0.25) is 0 Å². The Labute approximate surface area is 121 Å². The second-order valence-electron chi connectivity index (χ2n) is 5.46. The number of esters is 1. The van der Waals surface area contributed by atoms with E-state index in [1.54, 1.807) is 0 Å². The second-order valence-corrected chi connectivity index (χ2v) is 5.46. The maximum atomic E-state index is 11.8. The summed E-state index contributed by atoms with van der Waals surface area (Å²) < 4.78 is 6.91. The number of hydrogen-bond donors (Lipinski definition) is 1. The van der Waals surface area contributed by atoms with E-state index in [-0.39, 0.29) is 5.97 Å². The van der Waals surface area contributed by atoms with Crippen LogP contribution in [0.5, 0.6) is 0 Å². The molecule has 1 atom stereocenters. The lowest BCUT2D eigenvalue weighted by Crippen LogP contribution is -2.50. The lowest BCUT2D eigenvalue weighted by molar-refractivity contribution is -0.148. The van der Waals surface area contributed by atoms with Crippen LogP contribution in [0.4, 0.5) is 0 Å². The minimum atomic E-state index is -0.585. The number of likely N-dealkylation sites (N-methyl/N-ethyl adjacent to an activating group) is 1. The van der Waals surface area contributed by atoms with Crippen LogP contribution >= 0.6 is 0 Å². The van der Waals surface area contributed by atoms with Gasteiger partial charge in [-0.1, -0.05) is 6.92 Å². The van der Waals surface area contributed by atoms with Gasteiger partial charge < -0.3 is 10.1 Å². The highest BCUT2D eigenvalue weighted by atomic mass is 16.5. The van der Waals surface area contributed by atoms with Gasteiger partial charge in [-0.2, -0.15) is 5.10 Å². The summed E-state index contributed by atoms with van der Waals surface area (Å²) in [5.41, 5.74) is 1.65. The summed E-state index contributed by atoms with van der Waals surface area (Å²) >= 11 is 0. The zero-order chi connectivity index (χ0) is 15.2. The van der Waals surface area contributed by atoms with Gasteiger partial charge in [-0.05, 0) is 52.6 Å². The van der Waals surface area contributed by atoms with Crippen molar-refractivity contribution in [2.24, 2.45) is 0 Å². The Morgan fingerprint density at radius 2 is 2.15 bits per heavy atom. The quantitative estimate of drug-likeness (QED) is 0.586. The van der Waals surface area contributed by atoms with Crippen molar-refractivity contribution >= 4 is 5.97 Å². The molecule has 0 radical (unpaired) electrons. The fourth-order valence-electron chi connectivity index (χ4n) is 2.52. The molecule has 1 N–H and O–H groups in total. The molecule has 20 heavy (non-hydrogen) atoms. The highest BCUT2D eigenvalue weighted by molar-refractivity contribution is 5.80. The van der Waals surface area contributed by atoms with Crippen LogP contribution in [-0.4, -0.2) is 34.9 Å². The lowest BCUT2D eigenvalue weighted by Gasteiger charge is -2.27. The third-order valence-electron chi connectivity index (χ3n) is 3.60. The number of aromatic nitrogens is 2. The fraction of sp³-hybridized carbons (Fsp3) is 0.733. The minimum Gasteiger partial charge on any atom is -0.468 e. The van der Waals surface area contributed by atoms with Gasteiger partial charge in [0, 0.05) is 12.2 Å². The molecule has 1 aromatic rings. The SMILES string of the molecule is CCNC(C)(CCCCn1nc(C)cc1C)C(=O)OC. The molecule has 0 fully saturated rings. The molecule has 1 aromatic heterocycles. The van der Waals surface area contributed by atoms with Crippen LogP contribution in [-0.2, 0) is 16.1 Å². The zero-order valence-corrected chi connectivity index (χ0v) is 13.3. The number of hydrogen-bond acceptors (Lipinski definition) is 4. The van der Waals surface area contributed by atoms with Crippen LogP contribution in [0.3, 0.4) is 0 Å². The van der Waals surface area contributed by atoms with Crippen molar-refractivity contribution in [1.82, 2.24) is 15.1 Å². The molecule has 1 heterocycles. The monoisotopic (exact) mass is 281 g/mol. The van der Waals surface area contributed by atoms with E-state index in [0.29, 0.717) is 0 Å². The number of carbonyl (C=O) groups excluding carboxylic acids is 1. The summed E-state index contributed by atoms with van der Waals surface area (Å²) in [5, 5.41) is 7.67. The summed E-state index contributed by atoms with van der Waals surface area (Å²) in [5.74, 6) is -0.189. The van der Waals surface area contributed by atoms with Gasteiger partial charge in [0.1, 0.15) is 5.54 Å². The van der Waals surface area contributed by atoms with Gasteiger partial charge in [-0.25, -0.2) is 0 Å². The van der Waals surface area contributed by atoms with Crippen LogP contribution in [0.2, 0.25) is 0 Å². The number of aryl methyl sites for hydroxylation is 3.